The van der Waals surface area contributed by atoms with Gasteiger partial charge in [-0.3, -0.25) is 4.79 Å². The van der Waals surface area contributed by atoms with E-state index in [-0.39, 0.29) is 11.9 Å². The van der Waals surface area contributed by atoms with Crippen LogP contribution in [0, 0.1) is 5.92 Å². The fourth-order valence-corrected chi connectivity index (χ4v) is 2.64. The Labute approximate surface area is 109 Å². The molecule has 0 saturated carbocycles. The Balaban J connectivity index is 1.72. The number of likely N-dealkylation sites (tertiary alicyclic amines) is 1. The minimum Gasteiger partial charge on any atom is -0.375 e. The summed E-state index contributed by atoms with van der Waals surface area (Å²) in [5.41, 5.74) is 5.77. The summed E-state index contributed by atoms with van der Waals surface area (Å²) in [5, 5.41) is 3.15. The van der Waals surface area contributed by atoms with Gasteiger partial charge in [0.1, 0.15) is 0 Å². The van der Waals surface area contributed by atoms with Gasteiger partial charge in [-0.15, -0.1) is 0 Å². The molecule has 2 rings (SSSR count). The molecular formula is C13H25N3O2. The fourth-order valence-electron chi connectivity index (χ4n) is 2.64. The van der Waals surface area contributed by atoms with E-state index in [0.29, 0.717) is 31.6 Å². The smallest absolute Gasteiger partial charge is 0.225 e. The highest BCUT2D eigenvalue weighted by atomic mass is 16.5. The van der Waals surface area contributed by atoms with Gasteiger partial charge in [0, 0.05) is 32.2 Å². The van der Waals surface area contributed by atoms with Crippen LogP contribution in [0.2, 0.25) is 0 Å². The van der Waals surface area contributed by atoms with Crippen LogP contribution in [-0.2, 0) is 9.53 Å². The highest BCUT2D eigenvalue weighted by Gasteiger charge is 2.28. The number of piperidine rings is 1. The maximum atomic E-state index is 12.1. The Kier molecular flexibility index (Phi) is 4.97. The van der Waals surface area contributed by atoms with Crippen LogP contribution in [0.5, 0.6) is 0 Å². The van der Waals surface area contributed by atoms with Crippen molar-refractivity contribution in [3.05, 3.63) is 0 Å². The summed E-state index contributed by atoms with van der Waals surface area (Å²) in [6.07, 6.45) is 2.93. The summed E-state index contributed by atoms with van der Waals surface area (Å²) in [7, 11) is 0. The normalized spacial score (nSPS) is 29.1. The molecule has 2 heterocycles. The first-order valence-corrected chi connectivity index (χ1v) is 7.02. The topological polar surface area (TPSA) is 67.6 Å². The van der Waals surface area contributed by atoms with Gasteiger partial charge in [-0.2, -0.15) is 0 Å². The Morgan fingerprint density at radius 2 is 2.28 bits per heavy atom. The van der Waals surface area contributed by atoms with Crippen LogP contribution in [0.4, 0.5) is 0 Å². The number of nitrogens with one attached hydrogen (secondary N) is 1. The Morgan fingerprint density at radius 1 is 1.50 bits per heavy atom. The lowest BCUT2D eigenvalue weighted by Gasteiger charge is -2.38. The molecule has 1 amide bonds. The zero-order valence-electron chi connectivity index (χ0n) is 11.2. The molecule has 2 fully saturated rings. The Hall–Kier alpha value is -0.650. The molecule has 0 bridgehead atoms. The summed E-state index contributed by atoms with van der Waals surface area (Å²) in [6, 6.07) is 0.228. The molecule has 0 aliphatic carbocycles. The molecule has 0 aromatic carbocycles. The average molecular weight is 255 g/mol. The van der Waals surface area contributed by atoms with Crippen molar-refractivity contribution >= 4 is 5.91 Å². The molecule has 0 spiro atoms. The van der Waals surface area contributed by atoms with Crippen molar-refractivity contribution in [3.63, 3.8) is 0 Å². The number of rotatable bonds is 5. The number of ether oxygens (including phenoxy) is 1. The third kappa shape index (κ3) is 3.43. The van der Waals surface area contributed by atoms with E-state index in [1.807, 2.05) is 4.90 Å². The zero-order valence-corrected chi connectivity index (χ0v) is 11.2. The van der Waals surface area contributed by atoms with Crippen LogP contribution in [0.1, 0.15) is 26.2 Å². The molecule has 2 saturated heterocycles. The fraction of sp³-hybridized carbons (Fsp3) is 0.923. The minimum absolute atomic E-state index is 0.199. The third-order valence-corrected chi connectivity index (χ3v) is 3.98. The van der Waals surface area contributed by atoms with E-state index in [1.165, 1.54) is 0 Å². The average Bonchev–Trinajstić information content (AvgIpc) is 2.31. The monoisotopic (exact) mass is 255 g/mol. The van der Waals surface area contributed by atoms with Crippen molar-refractivity contribution in [2.45, 2.75) is 38.3 Å². The second-order valence-electron chi connectivity index (χ2n) is 5.51. The minimum atomic E-state index is 0.199. The lowest BCUT2D eigenvalue weighted by Crippen LogP contribution is -2.50. The van der Waals surface area contributed by atoms with Gasteiger partial charge in [0.15, 0.2) is 0 Å². The number of nitrogens with zero attached hydrogens (tertiary/aromatic N) is 1. The first kappa shape index (κ1) is 13.8. The standard InChI is InChI=1S/C13H25N3O2/c1-10-2-4-16(11(6-10)7-14)13(17)3-5-18-12-8-15-9-12/h10-12,15H,2-9,14H2,1H3. The number of amides is 1. The van der Waals surface area contributed by atoms with E-state index in [1.54, 1.807) is 0 Å². The van der Waals surface area contributed by atoms with Crippen molar-refractivity contribution < 1.29 is 9.53 Å². The lowest BCUT2D eigenvalue weighted by atomic mass is 9.92. The van der Waals surface area contributed by atoms with Crippen LogP contribution >= 0.6 is 0 Å². The SMILES string of the molecule is CC1CCN(C(=O)CCOC2CNC2)C(CN)C1. The molecule has 3 N–H and O–H groups in total. The van der Waals surface area contributed by atoms with Crippen LogP contribution in [-0.4, -0.2) is 55.7 Å². The number of hydrogen-bond acceptors (Lipinski definition) is 4. The Bertz CT molecular complexity index is 281. The molecule has 104 valence electrons. The summed E-state index contributed by atoms with van der Waals surface area (Å²) < 4.78 is 5.59. The van der Waals surface area contributed by atoms with Gasteiger partial charge in [-0.25, -0.2) is 0 Å². The number of hydrogen-bond donors (Lipinski definition) is 2. The van der Waals surface area contributed by atoms with Crippen LogP contribution < -0.4 is 11.1 Å². The van der Waals surface area contributed by atoms with E-state index in [9.17, 15) is 4.79 Å². The molecule has 0 aromatic heterocycles. The molecule has 18 heavy (non-hydrogen) atoms. The number of nitrogens with two attached hydrogens (primary N) is 1. The largest absolute Gasteiger partial charge is 0.375 e. The molecule has 2 aliphatic rings. The Morgan fingerprint density at radius 3 is 2.89 bits per heavy atom. The number of carbonyl (C=O) groups is 1. The molecule has 2 unspecified atom stereocenters. The van der Waals surface area contributed by atoms with Gasteiger partial charge in [0.25, 0.3) is 0 Å². The van der Waals surface area contributed by atoms with Gasteiger partial charge in [-0.05, 0) is 18.8 Å². The zero-order chi connectivity index (χ0) is 13.0. The van der Waals surface area contributed by atoms with Gasteiger partial charge >= 0.3 is 0 Å². The molecule has 5 heteroatoms. The summed E-state index contributed by atoms with van der Waals surface area (Å²) >= 11 is 0. The second-order valence-corrected chi connectivity index (χ2v) is 5.51. The summed E-state index contributed by atoms with van der Waals surface area (Å²) in [4.78, 5) is 14.1. The first-order chi connectivity index (χ1) is 8.70. The van der Waals surface area contributed by atoms with Crippen LogP contribution in [0.25, 0.3) is 0 Å². The van der Waals surface area contributed by atoms with E-state index in [4.69, 9.17) is 10.5 Å². The predicted octanol–water partition coefficient (Wildman–Crippen LogP) is -0.0493. The molecule has 2 aliphatic heterocycles. The molecule has 2 atom stereocenters. The highest BCUT2D eigenvalue weighted by molar-refractivity contribution is 5.76. The van der Waals surface area contributed by atoms with E-state index >= 15 is 0 Å². The van der Waals surface area contributed by atoms with E-state index in [0.717, 1.165) is 32.5 Å². The quantitative estimate of drug-likeness (QED) is 0.723. The molecule has 5 nitrogen and oxygen atoms in total. The van der Waals surface area contributed by atoms with Crippen molar-refractivity contribution in [3.8, 4) is 0 Å². The third-order valence-electron chi connectivity index (χ3n) is 3.98. The van der Waals surface area contributed by atoms with Gasteiger partial charge in [0.2, 0.25) is 5.91 Å². The summed E-state index contributed by atoms with van der Waals surface area (Å²) in [6.45, 7) is 6.03. The van der Waals surface area contributed by atoms with Crippen LogP contribution in [0.3, 0.4) is 0 Å². The van der Waals surface area contributed by atoms with Gasteiger partial charge in [0.05, 0.1) is 19.1 Å². The van der Waals surface area contributed by atoms with Crippen molar-refractivity contribution in [1.82, 2.24) is 10.2 Å². The van der Waals surface area contributed by atoms with E-state index in [2.05, 4.69) is 12.2 Å². The lowest BCUT2D eigenvalue weighted by molar-refractivity contribution is -0.137. The van der Waals surface area contributed by atoms with E-state index < -0.39 is 0 Å². The maximum Gasteiger partial charge on any atom is 0.225 e. The maximum absolute atomic E-state index is 12.1. The highest BCUT2D eigenvalue weighted by Crippen LogP contribution is 2.22. The second kappa shape index (κ2) is 6.50. The number of carbonyl (C=O) groups excluding carboxylic acids is 1. The first-order valence-electron chi connectivity index (χ1n) is 7.02. The summed E-state index contributed by atoms with van der Waals surface area (Å²) in [5.74, 6) is 0.879. The molecule has 0 aromatic rings. The molecule has 0 radical (unpaired) electrons. The van der Waals surface area contributed by atoms with Crippen molar-refractivity contribution in [2.24, 2.45) is 11.7 Å². The molecular weight excluding hydrogens is 230 g/mol. The van der Waals surface area contributed by atoms with Gasteiger partial charge in [-0.1, -0.05) is 6.92 Å². The van der Waals surface area contributed by atoms with Crippen LogP contribution in [0.15, 0.2) is 0 Å². The predicted molar refractivity (Wildman–Crippen MR) is 70.2 cm³/mol. The van der Waals surface area contributed by atoms with Crippen molar-refractivity contribution in [1.29, 1.82) is 0 Å². The van der Waals surface area contributed by atoms with Gasteiger partial charge < -0.3 is 20.7 Å². The van der Waals surface area contributed by atoms with Crippen molar-refractivity contribution in [2.75, 3.05) is 32.8 Å².